The van der Waals surface area contributed by atoms with Crippen LogP contribution < -0.4 is 10.1 Å². The smallest absolute Gasteiger partial charge is 0.156 e. The lowest BCUT2D eigenvalue weighted by Gasteiger charge is -2.12. The summed E-state index contributed by atoms with van der Waals surface area (Å²) in [6.07, 6.45) is 5.00. The molecule has 94 valence electrons. The zero-order valence-corrected chi connectivity index (χ0v) is 12.0. The SMILES string of the molecule is COc1c(Br)cc(Cl)cc1NCc1cnccn1. The lowest BCUT2D eigenvalue weighted by atomic mass is 10.3. The number of nitrogens with zero attached hydrogens (tertiary/aromatic N) is 2. The molecule has 18 heavy (non-hydrogen) atoms. The maximum atomic E-state index is 6.01. The Labute approximate surface area is 118 Å². The molecule has 2 rings (SSSR count). The Morgan fingerprint density at radius 3 is 2.89 bits per heavy atom. The van der Waals surface area contributed by atoms with Gasteiger partial charge in [-0.1, -0.05) is 11.6 Å². The molecule has 0 spiro atoms. The van der Waals surface area contributed by atoms with E-state index in [0.717, 1.165) is 15.9 Å². The molecular formula is C12H11BrClN3O. The summed E-state index contributed by atoms with van der Waals surface area (Å²) in [6.45, 7) is 0.553. The third-order valence-corrected chi connectivity index (χ3v) is 3.10. The molecule has 0 aliphatic rings. The molecule has 1 aromatic heterocycles. The first-order valence-corrected chi connectivity index (χ1v) is 6.39. The van der Waals surface area contributed by atoms with E-state index in [2.05, 4.69) is 31.2 Å². The van der Waals surface area contributed by atoms with Gasteiger partial charge in [0.1, 0.15) is 0 Å². The fourth-order valence-corrected chi connectivity index (χ4v) is 2.48. The number of halogens is 2. The number of ether oxygens (including phenoxy) is 1. The molecule has 1 heterocycles. The number of benzene rings is 1. The molecule has 0 saturated heterocycles. The summed E-state index contributed by atoms with van der Waals surface area (Å²) in [5.74, 6) is 0.711. The van der Waals surface area contributed by atoms with Gasteiger partial charge in [0.05, 0.1) is 35.7 Å². The summed E-state index contributed by atoms with van der Waals surface area (Å²) in [5, 5.41) is 3.85. The number of aromatic nitrogens is 2. The second kappa shape index (κ2) is 6.02. The van der Waals surface area contributed by atoms with Crippen LogP contribution in [0, 0.1) is 0 Å². The third kappa shape index (κ3) is 3.11. The fourth-order valence-electron chi connectivity index (χ4n) is 1.51. The highest BCUT2D eigenvalue weighted by molar-refractivity contribution is 9.10. The largest absolute Gasteiger partial charge is 0.493 e. The van der Waals surface area contributed by atoms with Crippen LogP contribution in [0.3, 0.4) is 0 Å². The maximum Gasteiger partial charge on any atom is 0.156 e. The number of nitrogens with one attached hydrogen (secondary N) is 1. The topological polar surface area (TPSA) is 47.0 Å². The van der Waals surface area contributed by atoms with Crippen LogP contribution in [0.4, 0.5) is 5.69 Å². The summed E-state index contributed by atoms with van der Waals surface area (Å²) < 4.78 is 6.12. The van der Waals surface area contributed by atoms with Gasteiger partial charge in [0.25, 0.3) is 0 Å². The van der Waals surface area contributed by atoms with E-state index < -0.39 is 0 Å². The van der Waals surface area contributed by atoms with Crippen LogP contribution in [-0.4, -0.2) is 17.1 Å². The fraction of sp³-hybridized carbons (Fsp3) is 0.167. The van der Waals surface area contributed by atoms with Crippen molar-refractivity contribution in [1.29, 1.82) is 0 Å². The van der Waals surface area contributed by atoms with E-state index in [9.17, 15) is 0 Å². The zero-order chi connectivity index (χ0) is 13.0. The van der Waals surface area contributed by atoms with Gasteiger partial charge in [0, 0.05) is 17.4 Å². The predicted octanol–water partition coefficient (Wildman–Crippen LogP) is 3.51. The molecule has 6 heteroatoms. The normalized spacial score (nSPS) is 10.2. The Morgan fingerprint density at radius 2 is 2.22 bits per heavy atom. The van der Waals surface area contributed by atoms with Gasteiger partial charge >= 0.3 is 0 Å². The Hall–Kier alpha value is -1.33. The first-order chi connectivity index (χ1) is 8.70. The van der Waals surface area contributed by atoms with Crippen molar-refractivity contribution in [3.8, 4) is 5.75 Å². The highest BCUT2D eigenvalue weighted by Gasteiger charge is 2.09. The van der Waals surface area contributed by atoms with Crippen LogP contribution in [-0.2, 0) is 6.54 Å². The molecule has 0 radical (unpaired) electrons. The Balaban J connectivity index is 2.18. The van der Waals surface area contributed by atoms with Crippen molar-refractivity contribution >= 4 is 33.2 Å². The van der Waals surface area contributed by atoms with Gasteiger partial charge in [-0.3, -0.25) is 9.97 Å². The molecule has 0 atom stereocenters. The lowest BCUT2D eigenvalue weighted by molar-refractivity contribution is 0.414. The lowest BCUT2D eigenvalue weighted by Crippen LogP contribution is -2.03. The monoisotopic (exact) mass is 327 g/mol. The standard InChI is InChI=1S/C12H11BrClN3O/c1-18-12-10(13)4-8(14)5-11(12)17-7-9-6-15-2-3-16-9/h2-6,17H,7H2,1H3. The molecule has 1 aromatic carbocycles. The van der Waals surface area contributed by atoms with Crippen molar-refractivity contribution in [3.05, 3.63) is 45.9 Å². The molecule has 1 N–H and O–H groups in total. The zero-order valence-electron chi connectivity index (χ0n) is 9.65. The summed E-state index contributed by atoms with van der Waals surface area (Å²) in [4.78, 5) is 8.19. The quantitative estimate of drug-likeness (QED) is 0.933. The number of methoxy groups -OCH3 is 1. The van der Waals surface area contributed by atoms with E-state index in [4.69, 9.17) is 16.3 Å². The van der Waals surface area contributed by atoms with E-state index in [1.165, 1.54) is 0 Å². The first-order valence-electron chi connectivity index (χ1n) is 5.22. The number of anilines is 1. The Kier molecular flexibility index (Phi) is 4.38. The van der Waals surface area contributed by atoms with Crippen molar-refractivity contribution in [2.45, 2.75) is 6.54 Å². The van der Waals surface area contributed by atoms with Crippen LogP contribution in [0.15, 0.2) is 35.2 Å². The Morgan fingerprint density at radius 1 is 1.39 bits per heavy atom. The minimum atomic E-state index is 0.553. The highest BCUT2D eigenvalue weighted by Crippen LogP contribution is 2.36. The van der Waals surface area contributed by atoms with Crippen molar-refractivity contribution in [2.24, 2.45) is 0 Å². The van der Waals surface area contributed by atoms with Gasteiger partial charge in [0.15, 0.2) is 5.75 Å². The van der Waals surface area contributed by atoms with Crippen molar-refractivity contribution < 1.29 is 4.74 Å². The van der Waals surface area contributed by atoms with Gasteiger partial charge in [-0.2, -0.15) is 0 Å². The average molecular weight is 329 g/mol. The van der Waals surface area contributed by atoms with Crippen LogP contribution in [0.25, 0.3) is 0 Å². The maximum absolute atomic E-state index is 6.01. The second-order valence-corrected chi connectivity index (χ2v) is 4.81. The summed E-state index contributed by atoms with van der Waals surface area (Å²) in [5.41, 5.74) is 1.65. The molecule has 2 aromatic rings. The molecule has 0 fully saturated rings. The van der Waals surface area contributed by atoms with Crippen molar-refractivity contribution in [1.82, 2.24) is 9.97 Å². The Bertz CT molecular complexity index is 536. The van der Waals surface area contributed by atoms with E-state index in [1.807, 2.05) is 6.07 Å². The number of hydrogen-bond donors (Lipinski definition) is 1. The van der Waals surface area contributed by atoms with Gasteiger partial charge in [-0.05, 0) is 28.1 Å². The average Bonchev–Trinajstić information content (AvgIpc) is 2.37. The molecule has 0 aliphatic heterocycles. The van der Waals surface area contributed by atoms with Gasteiger partial charge in [-0.15, -0.1) is 0 Å². The van der Waals surface area contributed by atoms with Crippen LogP contribution in [0.1, 0.15) is 5.69 Å². The van der Waals surface area contributed by atoms with E-state index >= 15 is 0 Å². The minimum absolute atomic E-state index is 0.553. The number of rotatable bonds is 4. The molecule has 0 aliphatic carbocycles. The minimum Gasteiger partial charge on any atom is -0.493 e. The molecule has 0 amide bonds. The van der Waals surface area contributed by atoms with Gasteiger partial charge in [0.2, 0.25) is 0 Å². The van der Waals surface area contributed by atoms with Crippen LogP contribution in [0.5, 0.6) is 5.75 Å². The van der Waals surface area contributed by atoms with E-state index in [1.54, 1.807) is 31.8 Å². The van der Waals surface area contributed by atoms with Crippen LogP contribution >= 0.6 is 27.5 Å². The van der Waals surface area contributed by atoms with Crippen molar-refractivity contribution in [2.75, 3.05) is 12.4 Å². The molecule has 0 unspecified atom stereocenters. The van der Waals surface area contributed by atoms with Crippen molar-refractivity contribution in [3.63, 3.8) is 0 Å². The van der Waals surface area contributed by atoms with Gasteiger partial charge < -0.3 is 10.1 Å². The summed E-state index contributed by atoms with van der Waals surface area (Å²) in [7, 11) is 1.61. The van der Waals surface area contributed by atoms with E-state index in [0.29, 0.717) is 17.3 Å². The first kappa shape index (κ1) is 13.1. The predicted molar refractivity (Wildman–Crippen MR) is 75.1 cm³/mol. The molecule has 4 nitrogen and oxygen atoms in total. The molecular weight excluding hydrogens is 318 g/mol. The van der Waals surface area contributed by atoms with Gasteiger partial charge in [-0.25, -0.2) is 0 Å². The van der Waals surface area contributed by atoms with E-state index in [-0.39, 0.29) is 0 Å². The highest BCUT2D eigenvalue weighted by atomic mass is 79.9. The summed E-state index contributed by atoms with van der Waals surface area (Å²) >= 11 is 9.41. The second-order valence-electron chi connectivity index (χ2n) is 3.52. The molecule has 0 saturated carbocycles. The molecule has 0 bridgehead atoms. The third-order valence-electron chi connectivity index (χ3n) is 2.29. The number of hydrogen-bond acceptors (Lipinski definition) is 4. The summed E-state index contributed by atoms with van der Waals surface area (Å²) in [6, 6.07) is 3.59. The van der Waals surface area contributed by atoms with Crippen LogP contribution in [0.2, 0.25) is 5.02 Å².